The van der Waals surface area contributed by atoms with E-state index in [-0.39, 0.29) is 17.9 Å². The lowest BCUT2D eigenvalue weighted by atomic mass is 9.91. The van der Waals surface area contributed by atoms with Gasteiger partial charge < -0.3 is 5.11 Å². The minimum absolute atomic E-state index is 0.0605. The van der Waals surface area contributed by atoms with Crippen molar-refractivity contribution >= 4 is 11.5 Å². The van der Waals surface area contributed by atoms with Crippen molar-refractivity contribution in [1.29, 1.82) is 0 Å². The molecule has 0 saturated heterocycles. The number of aromatic nitrogens is 5. The molecule has 0 unspecified atom stereocenters. The summed E-state index contributed by atoms with van der Waals surface area (Å²) in [6, 6.07) is 5.48. The molecule has 10 nitrogen and oxygen atoms in total. The summed E-state index contributed by atoms with van der Waals surface area (Å²) >= 11 is 0. The van der Waals surface area contributed by atoms with E-state index in [4.69, 9.17) is 9.78 Å². The van der Waals surface area contributed by atoms with E-state index < -0.39 is 0 Å². The Morgan fingerprint density at radius 3 is 2.62 bits per heavy atom. The molecule has 29 heavy (non-hydrogen) atoms. The van der Waals surface area contributed by atoms with Gasteiger partial charge in [0, 0.05) is 24.2 Å². The first kappa shape index (κ1) is 20.6. The second kappa shape index (κ2) is 8.50. The fraction of sp³-hybridized carbons (Fsp3) is 0.421. The highest BCUT2D eigenvalue weighted by Gasteiger charge is 2.26. The fourth-order valence-electron chi connectivity index (χ4n) is 2.62. The average molecular weight is 399 g/mol. The van der Waals surface area contributed by atoms with Gasteiger partial charge in [0.1, 0.15) is 6.61 Å². The first-order chi connectivity index (χ1) is 13.8. The lowest BCUT2D eigenvalue weighted by Gasteiger charge is -2.15. The molecule has 0 amide bonds. The molecular formula is C19H25N7O3. The van der Waals surface area contributed by atoms with Crippen LogP contribution in [-0.4, -0.2) is 36.3 Å². The summed E-state index contributed by atoms with van der Waals surface area (Å²) in [5.41, 5.74) is 1.28. The standard InChI is InChI=1S/C19H25N7O3/c1-6-28-29-12-13-11-21-26(14-9-7-8-10-20-14)17(13)23-22-15-16(19(2,3)4)24-25(5)18(15)27/h7-11,27H,6,12H2,1-5H3/b23-22+. The van der Waals surface area contributed by atoms with Gasteiger partial charge >= 0.3 is 0 Å². The van der Waals surface area contributed by atoms with E-state index in [9.17, 15) is 5.11 Å². The second-order valence-corrected chi connectivity index (χ2v) is 7.36. The molecule has 0 aromatic carbocycles. The van der Waals surface area contributed by atoms with Crippen molar-refractivity contribution in [2.75, 3.05) is 6.61 Å². The second-order valence-electron chi connectivity index (χ2n) is 7.36. The van der Waals surface area contributed by atoms with Crippen LogP contribution >= 0.6 is 0 Å². The van der Waals surface area contributed by atoms with Gasteiger partial charge in [0.05, 0.1) is 18.5 Å². The number of hydrogen-bond acceptors (Lipinski definition) is 8. The van der Waals surface area contributed by atoms with Crippen molar-refractivity contribution in [3.63, 3.8) is 0 Å². The summed E-state index contributed by atoms with van der Waals surface area (Å²) in [4.78, 5) is 14.5. The van der Waals surface area contributed by atoms with E-state index in [1.807, 2.05) is 39.8 Å². The molecule has 0 atom stereocenters. The third kappa shape index (κ3) is 4.49. The zero-order valence-electron chi connectivity index (χ0n) is 17.2. The fourth-order valence-corrected chi connectivity index (χ4v) is 2.62. The number of aryl methyl sites for hydroxylation is 1. The molecule has 3 aromatic rings. The quantitative estimate of drug-likeness (QED) is 0.279. The highest BCUT2D eigenvalue weighted by Crippen LogP contribution is 2.38. The van der Waals surface area contributed by atoms with Gasteiger partial charge in [-0.3, -0.25) is 0 Å². The van der Waals surface area contributed by atoms with Crippen molar-refractivity contribution in [2.45, 2.75) is 39.7 Å². The molecule has 0 saturated carbocycles. The molecule has 0 aliphatic carbocycles. The Morgan fingerprint density at radius 2 is 1.97 bits per heavy atom. The normalized spacial score (nSPS) is 12.2. The van der Waals surface area contributed by atoms with Crippen LogP contribution in [0.15, 0.2) is 40.8 Å². The number of rotatable bonds is 7. The predicted molar refractivity (Wildman–Crippen MR) is 106 cm³/mol. The Bertz CT molecular complexity index is 987. The van der Waals surface area contributed by atoms with Crippen molar-refractivity contribution in [2.24, 2.45) is 17.3 Å². The summed E-state index contributed by atoms with van der Waals surface area (Å²) in [6.45, 7) is 8.37. The SMILES string of the molecule is CCOOCc1cnn(-c2ccccn2)c1/N=N/c1c(C(C)(C)C)nn(C)c1O. The van der Waals surface area contributed by atoms with Gasteiger partial charge in [0.25, 0.3) is 0 Å². The molecule has 0 radical (unpaired) electrons. The first-order valence-corrected chi connectivity index (χ1v) is 9.23. The largest absolute Gasteiger partial charge is 0.492 e. The third-order valence-corrected chi connectivity index (χ3v) is 4.05. The molecule has 0 fully saturated rings. The molecule has 1 N–H and O–H groups in total. The van der Waals surface area contributed by atoms with E-state index in [1.165, 1.54) is 4.68 Å². The molecule has 10 heteroatoms. The number of nitrogens with zero attached hydrogens (tertiary/aromatic N) is 7. The van der Waals surface area contributed by atoms with E-state index in [0.29, 0.717) is 35.2 Å². The topological polar surface area (TPSA) is 112 Å². The van der Waals surface area contributed by atoms with Crippen LogP contribution in [0.4, 0.5) is 11.5 Å². The lowest BCUT2D eigenvalue weighted by Crippen LogP contribution is -2.12. The van der Waals surface area contributed by atoms with Crippen molar-refractivity contribution < 1.29 is 14.9 Å². The Kier molecular flexibility index (Phi) is 6.04. The van der Waals surface area contributed by atoms with Gasteiger partial charge in [0.15, 0.2) is 17.3 Å². The van der Waals surface area contributed by atoms with E-state index in [1.54, 1.807) is 30.2 Å². The maximum absolute atomic E-state index is 10.4. The summed E-state index contributed by atoms with van der Waals surface area (Å²) < 4.78 is 2.93. The molecule has 154 valence electrons. The molecular weight excluding hydrogens is 374 g/mol. The summed E-state index contributed by atoms with van der Waals surface area (Å²) in [5, 5.41) is 27.8. The van der Waals surface area contributed by atoms with E-state index in [2.05, 4.69) is 25.4 Å². The Hall–Kier alpha value is -3.11. The summed E-state index contributed by atoms with van der Waals surface area (Å²) in [7, 11) is 1.66. The van der Waals surface area contributed by atoms with E-state index in [0.717, 1.165) is 0 Å². The molecule has 3 aromatic heterocycles. The minimum atomic E-state index is -0.324. The molecule has 3 rings (SSSR count). The Labute approximate surface area is 168 Å². The highest BCUT2D eigenvalue weighted by molar-refractivity contribution is 5.54. The molecule has 0 spiro atoms. The molecule has 0 aliphatic heterocycles. The van der Waals surface area contributed by atoms with Gasteiger partial charge in [-0.05, 0) is 19.1 Å². The van der Waals surface area contributed by atoms with Crippen molar-refractivity contribution in [3.8, 4) is 11.7 Å². The number of hydrogen-bond donors (Lipinski definition) is 1. The third-order valence-electron chi connectivity index (χ3n) is 4.05. The summed E-state index contributed by atoms with van der Waals surface area (Å²) in [5.74, 6) is 0.941. The minimum Gasteiger partial charge on any atom is -0.492 e. The van der Waals surface area contributed by atoms with Gasteiger partial charge in [-0.2, -0.15) is 14.9 Å². The number of pyridine rings is 1. The number of azo groups is 1. The van der Waals surface area contributed by atoms with Crippen LogP contribution in [0.3, 0.4) is 0 Å². The first-order valence-electron chi connectivity index (χ1n) is 9.23. The smallest absolute Gasteiger partial charge is 0.238 e. The summed E-state index contributed by atoms with van der Waals surface area (Å²) in [6.07, 6.45) is 3.29. The predicted octanol–water partition coefficient (Wildman–Crippen LogP) is 3.89. The molecule has 3 heterocycles. The average Bonchev–Trinajstić information content (AvgIpc) is 3.22. The van der Waals surface area contributed by atoms with Gasteiger partial charge in [-0.25, -0.2) is 19.4 Å². The monoisotopic (exact) mass is 399 g/mol. The Balaban J connectivity index is 2.05. The zero-order valence-corrected chi connectivity index (χ0v) is 17.2. The van der Waals surface area contributed by atoms with Crippen LogP contribution in [0.2, 0.25) is 0 Å². The molecule has 0 bridgehead atoms. The van der Waals surface area contributed by atoms with Crippen LogP contribution in [0.5, 0.6) is 5.88 Å². The van der Waals surface area contributed by atoms with Crippen molar-refractivity contribution in [1.82, 2.24) is 24.5 Å². The Morgan fingerprint density at radius 1 is 1.17 bits per heavy atom. The van der Waals surface area contributed by atoms with Crippen LogP contribution in [0.25, 0.3) is 5.82 Å². The maximum atomic E-state index is 10.4. The zero-order chi connectivity index (χ0) is 21.0. The van der Waals surface area contributed by atoms with Crippen LogP contribution in [0, 0.1) is 0 Å². The van der Waals surface area contributed by atoms with Crippen LogP contribution in [0.1, 0.15) is 39.0 Å². The van der Waals surface area contributed by atoms with Gasteiger partial charge in [-0.15, -0.1) is 10.2 Å². The van der Waals surface area contributed by atoms with Crippen LogP contribution < -0.4 is 0 Å². The lowest BCUT2D eigenvalue weighted by molar-refractivity contribution is -0.300. The van der Waals surface area contributed by atoms with Gasteiger partial charge in [0.2, 0.25) is 5.88 Å². The molecule has 0 aliphatic rings. The van der Waals surface area contributed by atoms with Crippen LogP contribution in [-0.2, 0) is 28.8 Å². The maximum Gasteiger partial charge on any atom is 0.238 e. The highest BCUT2D eigenvalue weighted by atomic mass is 17.2. The number of aromatic hydroxyl groups is 1. The van der Waals surface area contributed by atoms with E-state index >= 15 is 0 Å². The van der Waals surface area contributed by atoms with Crippen molar-refractivity contribution in [3.05, 3.63) is 41.9 Å². The van der Waals surface area contributed by atoms with Gasteiger partial charge in [-0.1, -0.05) is 26.8 Å².